The van der Waals surface area contributed by atoms with Crippen LogP contribution in [-0.4, -0.2) is 29.0 Å². The van der Waals surface area contributed by atoms with E-state index in [0.29, 0.717) is 18.7 Å². The molecule has 0 saturated heterocycles. The molecule has 1 rings (SSSR count). The number of carbonyl (C=O) groups is 1. The number of halogens is 1. The molecule has 0 aliphatic rings. The van der Waals surface area contributed by atoms with E-state index in [1.807, 2.05) is 6.92 Å². The van der Waals surface area contributed by atoms with Gasteiger partial charge in [-0.3, -0.25) is 4.79 Å². The van der Waals surface area contributed by atoms with Crippen molar-refractivity contribution in [2.75, 3.05) is 13.1 Å². The fourth-order valence-electron chi connectivity index (χ4n) is 1.36. The van der Waals surface area contributed by atoms with Crippen molar-refractivity contribution in [2.24, 2.45) is 0 Å². The third-order valence-electron chi connectivity index (χ3n) is 2.21. The predicted octanol–water partition coefficient (Wildman–Crippen LogP) is 2.64. The van der Waals surface area contributed by atoms with Gasteiger partial charge >= 0.3 is 0 Å². The van der Waals surface area contributed by atoms with Crippen LogP contribution in [0, 0.1) is 3.57 Å². The number of carbonyl (C=O) groups excluding carboxylic acids is 1. The molecule has 0 unspecified atom stereocenters. The largest absolute Gasteiger partial charge is 0.507 e. The quantitative estimate of drug-likeness (QED) is 0.681. The monoisotopic (exact) mass is 331 g/mol. The molecule has 0 saturated carbocycles. The normalized spacial score (nSPS) is 9.88. The number of phenolic OH excluding ortho intramolecular Hbond substituents is 1. The number of phenols is 1. The van der Waals surface area contributed by atoms with Gasteiger partial charge in [0.2, 0.25) is 0 Å². The highest BCUT2D eigenvalue weighted by Crippen LogP contribution is 2.21. The molecule has 0 aliphatic heterocycles. The lowest BCUT2D eigenvalue weighted by Crippen LogP contribution is -2.30. The second-order valence-electron chi connectivity index (χ2n) is 3.29. The number of aromatic hydroxyl groups is 1. The Morgan fingerprint density at radius 3 is 2.88 bits per heavy atom. The Kier molecular flexibility index (Phi) is 4.79. The molecule has 1 N–H and O–H groups in total. The van der Waals surface area contributed by atoms with Gasteiger partial charge < -0.3 is 10.0 Å². The van der Waals surface area contributed by atoms with Crippen LogP contribution < -0.4 is 0 Å². The first-order valence-electron chi connectivity index (χ1n) is 4.98. The fraction of sp³-hybridized carbons (Fsp3) is 0.250. The summed E-state index contributed by atoms with van der Waals surface area (Å²) in [4.78, 5) is 13.7. The number of benzene rings is 1. The van der Waals surface area contributed by atoms with E-state index >= 15 is 0 Å². The number of hydrogen-bond acceptors (Lipinski definition) is 2. The van der Waals surface area contributed by atoms with Gasteiger partial charge in [-0.05, 0) is 47.7 Å². The SMILES string of the molecule is C=CCN(CC)C(=O)c1cc(I)ccc1O. The Bertz CT molecular complexity index is 404. The average Bonchev–Trinajstić information content (AvgIpc) is 2.28. The van der Waals surface area contributed by atoms with Gasteiger partial charge in [-0.25, -0.2) is 0 Å². The van der Waals surface area contributed by atoms with Gasteiger partial charge in [0.05, 0.1) is 5.56 Å². The van der Waals surface area contributed by atoms with Gasteiger partial charge in [0.25, 0.3) is 5.91 Å². The Morgan fingerprint density at radius 2 is 2.31 bits per heavy atom. The van der Waals surface area contributed by atoms with Crippen molar-refractivity contribution in [3.05, 3.63) is 40.0 Å². The van der Waals surface area contributed by atoms with Gasteiger partial charge in [-0.2, -0.15) is 0 Å². The molecule has 4 heteroatoms. The molecule has 0 radical (unpaired) electrons. The molecule has 1 aromatic rings. The summed E-state index contributed by atoms with van der Waals surface area (Å²) in [6, 6.07) is 4.98. The lowest BCUT2D eigenvalue weighted by molar-refractivity contribution is 0.0779. The minimum absolute atomic E-state index is 0.0212. The van der Waals surface area contributed by atoms with Crippen LogP contribution in [0.1, 0.15) is 17.3 Å². The fourth-order valence-corrected chi connectivity index (χ4v) is 1.85. The van der Waals surface area contributed by atoms with Crippen molar-refractivity contribution in [3.63, 3.8) is 0 Å². The van der Waals surface area contributed by atoms with E-state index in [-0.39, 0.29) is 11.7 Å². The lowest BCUT2D eigenvalue weighted by Gasteiger charge is -2.19. The molecule has 86 valence electrons. The maximum atomic E-state index is 12.1. The summed E-state index contributed by atoms with van der Waals surface area (Å²) in [5, 5.41) is 9.64. The van der Waals surface area contributed by atoms with Crippen molar-refractivity contribution < 1.29 is 9.90 Å². The van der Waals surface area contributed by atoms with E-state index in [4.69, 9.17) is 0 Å². The van der Waals surface area contributed by atoms with E-state index in [0.717, 1.165) is 3.57 Å². The van der Waals surface area contributed by atoms with Crippen LogP contribution in [0.15, 0.2) is 30.9 Å². The standard InChI is InChI=1S/C12H14INO2/c1-3-7-14(4-2)12(16)10-8-9(13)5-6-11(10)15/h3,5-6,8,15H,1,4,7H2,2H3. The number of nitrogens with zero attached hydrogens (tertiary/aromatic N) is 1. The van der Waals surface area contributed by atoms with Crippen LogP contribution in [0.2, 0.25) is 0 Å². The Balaban J connectivity index is 3.02. The third kappa shape index (κ3) is 2.98. The zero-order valence-corrected chi connectivity index (χ0v) is 11.3. The van der Waals surface area contributed by atoms with Gasteiger partial charge in [0.15, 0.2) is 0 Å². The number of likely N-dealkylation sites (N-methyl/N-ethyl adjacent to an activating group) is 1. The number of hydrogen-bond donors (Lipinski definition) is 1. The minimum atomic E-state index is -0.168. The summed E-state index contributed by atoms with van der Waals surface area (Å²) >= 11 is 2.11. The highest BCUT2D eigenvalue weighted by atomic mass is 127. The van der Waals surface area contributed by atoms with Crippen molar-refractivity contribution in [1.82, 2.24) is 4.90 Å². The van der Waals surface area contributed by atoms with Crippen molar-refractivity contribution in [3.8, 4) is 5.75 Å². The Morgan fingerprint density at radius 1 is 1.62 bits per heavy atom. The molecule has 0 spiro atoms. The first-order valence-corrected chi connectivity index (χ1v) is 6.06. The van der Waals surface area contributed by atoms with Crippen molar-refractivity contribution >= 4 is 28.5 Å². The van der Waals surface area contributed by atoms with Gasteiger partial charge in [0, 0.05) is 16.7 Å². The second-order valence-corrected chi connectivity index (χ2v) is 4.54. The smallest absolute Gasteiger partial charge is 0.257 e. The molecule has 0 aromatic heterocycles. The lowest BCUT2D eigenvalue weighted by atomic mass is 10.1. The molecule has 3 nitrogen and oxygen atoms in total. The van der Waals surface area contributed by atoms with Gasteiger partial charge in [-0.15, -0.1) is 6.58 Å². The van der Waals surface area contributed by atoms with Gasteiger partial charge in [-0.1, -0.05) is 6.08 Å². The minimum Gasteiger partial charge on any atom is -0.507 e. The second kappa shape index (κ2) is 5.89. The van der Waals surface area contributed by atoms with Crippen LogP contribution >= 0.6 is 22.6 Å². The topological polar surface area (TPSA) is 40.5 Å². The van der Waals surface area contributed by atoms with Crippen LogP contribution in [-0.2, 0) is 0 Å². The summed E-state index contributed by atoms with van der Waals surface area (Å²) in [7, 11) is 0. The first-order chi connectivity index (χ1) is 7.60. The molecule has 0 heterocycles. The summed E-state index contributed by atoms with van der Waals surface area (Å²) in [6.07, 6.45) is 1.67. The molecular weight excluding hydrogens is 317 g/mol. The van der Waals surface area contributed by atoms with Crippen LogP contribution in [0.4, 0.5) is 0 Å². The molecule has 1 aromatic carbocycles. The zero-order chi connectivity index (χ0) is 12.1. The van der Waals surface area contributed by atoms with Crippen LogP contribution in [0.25, 0.3) is 0 Å². The van der Waals surface area contributed by atoms with E-state index in [1.54, 1.807) is 23.1 Å². The zero-order valence-electron chi connectivity index (χ0n) is 9.11. The van der Waals surface area contributed by atoms with Crippen molar-refractivity contribution in [2.45, 2.75) is 6.92 Å². The number of rotatable bonds is 4. The Hall–Kier alpha value is -1.04. The average molecular weight is 331 g/mol. The number of amides is 1. The van der Waals surface area contributed by atoms with Crippen molar-refractivity contribution in [1.29, 1.82) is 0 Å². The van der Waals surface area contributed by atoms with E-state index in [1.165, 1.54) is 6.07 Å². The van der Waals surface area contributed by atoms with E-state index in [2.05, 4.69) is 29.2 Å². The maximum Gasteiger partial charge on any atom is 0.257 e. The predicted molar refractivity (Wildman–Crippen MR) is 72.6 cm³/mol. The molecular formula is C12H14INO2. The van der Waals surface area contributed by atoms with Gasteiger partial charge in [0.1, 0.15) is 5.75 Å². The summed E-state index contributed by atoms with van der Waals surface area (Å²) in [5.41, 5.74) is 0.343. The highest BCUT2D eigenvalue weighted by Gasteiger charge is 2.16. The summed E-state index contributed by atoms with van der Waals surface area (Å²) in [5.74, 6) is -0.147. The van der Waals surface area contributed by atoms with E-state index in [9.17, 15) is 9.90 Å². The summed E-state index contributed by atoms with van der Waals surface area (Å²) in [6.45, 7) is 6.58. The first kappa shape index (κ1) is 13.0. The van der Waals surface area contributed by atoms with Crippen LogP contribution in [0.5, 0.6) is 5.75 Å². The Labute approximate surface area is 109 Å². The highest BCUT2D eigenvalue weighted by molar-refractivity contribution is 14.1. The molecule has 0 atom stereocenters. The molecule has 0 bridgehead atoms. The maximum absolute atomic E-state index is 12.1. The molecule has 1 amide bonds. The molecule has 0 aliphatic carbocycles. The van der Waals surface area contributed by atoms with E-state index < -0.39 is 0 Å². The van der Waals surface area contributed by atoms with Crippen LogP contribution in [0.3, 0.4) is 0 Å². The molecule has 0 fully saturated rings. The third-order valence-corrected chi connectivity index (χ3v) is 2.88. The summed E-state index contributed by atoms with van der Waals surface area (Å²) < 4.78 is 0.924. The molecule has 16 heavy (non-hydrogen) atoms.